The smallest absolute Gasteiger partial charge is 0.289 e. The SMILES string of the molecule is Cc1cc(C(=O)N[C@@H](C)C(=O)N[C@@H](Cc2ccccc2)C(=O)N[C@@H](Cc2ccccc2)C(=O)C(=O)NCc2ccccc2)n(C)n1.[HH].[HH].[HH].[HH]. The molecule has 4 aromatic rings. The van der Waals surface area contributed by atoms with Gasteiger partial charge in [0, 0.05) is 32.1 Å². The molecule has 3 atom stereocenters. The van der Waals surface area contributed by atoms with Gasteiger partial charge in [0.05, 0.1) is 5.69 Å². The summed E-state index contributed by atoms with van der Waals surface area (Å²) in [7, 11) is 1.63. The predicted molar refractivity (Wildman–Crippen MR) is 181 cm³/mol. The molecule has 0 aliphatic rings. The average Bonchev–Trinajstić information content (AvgIpc) is 3.41. The first-order chi connectivity index (χ1) is 22.1. The van der Waals surface area contributed by atoms with Crippen molar-refractivity contribution < 1.29 is 29.7 Å². The number of rotatable bonds is 14. The molecular formula is C35H46N6O5. The molecule has 11 heteroatoms. The zero-order valence-corrected chi connectivity index (χ0v) is 26.0. The van der Waals surface area contributed by atoms with E-state index in [0.717, 1.165) is 16.7 Å². The van der Waals surface area contributed by atoms with Gasteiger partial charge in [-0.25, -0.2) is 0 Å². The minimum atomic E-state index is -1.20. The molecule has 3 aromatic carbocycles. The third-order valence-corrected chi connectivity index (χ3v) is 7.33. The fourth-order valence-electron chi connectivity index (χ4n) is 4.87. The molecule has 0 radical (unpaired) electrons. The van der Waals surface area contributed by atoms with Gasteiger partial charge < -0.3 is 21.3 Å². The molecule has 4 N–H and O–H groups in total. The van der Waals surface area contributed by atoms with E-state index in [9.17, 15) is 24.0 Å². The Morgan fingerprint density at radius 1 is 0.717 bits per heavy atom. The number of aryl methyl sites for hydroxylation is 2. The number of carbonyl (C=O) groups excluding carboxylic acids is 5. The van der Waals surface area contributed by atoms with E-state index < -0.39 is 47.5 Å². The van der Waals surface area contributed by atoms with Gasteiger partial charge in [0.1, 0.15) is 23.8 Å². The van der Waals surface area contributed by atoms with E-state index in [0.29, 0.717) is 5.69 Å². The molecular weight excluding hydrogens is 584 g/mol. The number of Topliss-reactive ketones (excluding diaryl/α,β-unsaturated/α-hetero) is 1. The van der Waals surface area contributed by atoms with Gasteiger partial charge in [-0.1, -0.05) is 91.0 Å². The number of aromatic nitrogens is 2. The maximum absolute atomic E-state index is 13.8. The van der Waals surface area contributed by atoms with Gasteiger partial charge in [-0.3, -0.25) is 28.7 Å². The largest absolute Gasteiger partial charge is 0.345 e. The van der Waals surface area contributed by atoms with E-state index in [2.05, 4.69) is 26.4 Å². The zero-order valence-electron chi connectivity index (χ0n) is 26.0. The maximum atomic E-state index is 13.8. The average molecular weight is 631 g/mol. The molecule has 1 heterocycles. The summed E-state index contributed by atoms with van der Waals surface area (Å²) in [5.41, 5.74) is 3.25. The fourth-order valence-corrected chi connectivity index (χ4v) is 4.87. The molecule has 0 saturated heterocycles. The van der Waals surface area contributed by atoms with Gasteiger partial charge in [0.25, 0.3) is 11.8 Å². The van der Waals surface area contributed by atoms with Gasteiger partial charge in [0.15, 0.2) is 0 Å². The van der Waals surface area contributed by atoms with E-state index in [1.54, 1.807) is 44.3 Å². The highest BCUT2D eigenvalue weighted by Gasteiger charge is 2.31. The number of benzene rings is 3. The van der Waals surface area contributed by atoms with E-state index >= 15 is 0 Å². The summed E-state index contributed by atoms with van der Waals surface area (Å²) in [5, 5.41) is 14.9. The predicted octanol–water partition coefficient (Wildman–Crippen LogP) is 3.17. The molecule has 0 fully saturated rings. The first-order valence-electron chi connectivity index (χ1n) is 15.0. The van der Waals surface area contributed by atoms with Crippen LogP contribution in [0, 0.1) is 6.92 Å². The van der Waals surface area contributed by atoms with Gasteiger partial charge in [0.2, 0.25) is 17.6 Å². The second-order valence-corrected chi connectivity index (χ2v) is 11.0. The van der Waals surface area contributed by atoms with Crippen molar-refractivity contribution in [3.63, 3.8) is 0 Å². The molecule has 0 spiro atoms. The Bertz CT molecular complexity index is 1680. The Hall–Kier alpha value is -5.58. The van der Waals surface area contributed by atoms with Crippen LogP contribution in [0.4, 0.5) is 0 Å². The fraction of sp³-hybridized carbons (Fsp3) is 0.257. The lowest BCUT2D eigenvalue weighted by Gasteiger charge is -2.24. The van der Waals surface area contributed by atoms with Crippen LogP contribution in [0.1, 0.15) is 45.5 Å². The number of ketones is 1. The molecule has 0 unspecified atom stereocenters. The molecule has 0 bridgehead atoms. The van der Waals surface area contributed by atoms with Crippen LogP contribution in [0.3, 0.4) is 0 Å². The van der Waals surface area contributed by atoms with E-state index in [1.807, 2.05) is 66.7 Å². The summed E-state index contributed by atoms with van der Waals surface area (Å²) in [6.45, 7) is 3.40. The highest BCUT2D eigenvalue weighted by Crippen LogP contribution is 2.09. The van der Waals surface area contributed by atoms with Crippen molar-refractivity contribution >= 4 is 29.4 Å². The Balaban J connectivity index is 0.00000600. The first kappa shape index (κ1) is 33.3. The second kappa shape index (κ2) is 15.9. The van der Waals surface area contributed by atoms with Gasteiger partial charge in [-0.15, -0.1) is 0 Å². The Morgan fingerprint density at radius 2 is 1.22 bits per heavy atom. The summed E-state index contributed by atoms with van der Waals surface area (Å²) in [5.74, 6) is -3.40. The number of amides is 4. The number of nitrogens with zero attached hydrogens (tertiary/aromatic N) is 2. The number of nitrogens with one attached hydrogen (secondary N) is 4. The van der Waals surface area contributed by atoms with Crippen molar-refractivity contribution in [2.45, 2.75) is 51.4 Å². The quantitative estimate of drug-likeness (QED) is 0.157. The van der Waals surface area contributed by atoms with Crippen LogP contribution in [-0.4, -0.2) is 57.3 Å². The summed E-state index contributed by atoms with van der Waals surface area (Å²) < 4.78 is 1.42. The third kappa shape index (κ3) is 9.46. The second-order valence-electron chi connectivity index (χ2n) is 11.0. The molecule has 246 valence electrons. The Labute approximate surface area is 273 Å². The molecule has 1 aromatic heterocycles. The summed E-state index contributed by atoms with van der Waals surface area (Å²) in [6, 6.07) is 25.5. The van der Waals surface area contributed by atoms with Crippen LogP contribution in [0.25, 0.3) is 0 Å². The summed E-state index contributed by atoms with van der Waals surface area (Å²) >= 11 is 0. The molecule has 0 aliphatic carbocycles. The number of hydrogen-bond donors (Lipinski definition) is 4. The Kier molecular flexibility index (Phi) is 11.5. The van der Waals surface area contributed by atoms with Crippen LogP contribution in [0.2, 0.25) is 0 Å². The molecule has 46 heavy (non-hydrogen) atoms. The molecule has 4 rings (SSSR count). The number of hydrogen-bond acceptors (Lipinski definition) is 6. The van der Waals surface area contributed by atoms with E-state index in [4.69, 9.17) is 0 Å². The van der Waals surface area contributed by atoms with Crippen molar-refractivity contribution in [2.75, 3.05) is 0 Å². The van der Waals surface area contributed by atoms with Crippen LogP contribution in [0.15, 0.2) is 97.1 Å². The van der Waals surface area contributed by atoms with Crippen molar-refractivity contribution in [1.82, 2.24) is 31.0 Å². The van der Waals surface area contributed by atoms with Crippen LogP contribution < -0.4 is 21.3 Å². The third-order valence-electron chi connectivity index (χ3n) is 7.33. The molecule has 0 aliphatic heterocycles. The van der Waals surface area contributed by atoms with Gasteiger partial charge in [-0.05, 0) is 36.6 Å². The maximum Gasteiger partial charge on any atom is 0.289 e. The van der Waals surface area contributed by atoms with Crippen molar-refractivity contribution in [1.29, 1.82) is 0 Å². The first-order valence-corrected chi connectivity index (χ1v) is 15.0. The normalized spacial score (nSPS) is 12.7. The molecule has 4 amide bonds. The van der Waals surface area contributed by atoms with Crippen molar-refractivity contribution in [3.05, 3.63) is 125 Å². The van der Waals surface area contributed by atoms with Crippen LogP contribution in [0.5, 0.6) is 0 Å². The lowest BCUT2D eigenvalue weighted by atomic mass is 9.99. The zero-order chi connectivity index (χ0) is 33.1. The topological polar surface area (TPSA) is 151 Å². The number of carbonyl (C=O) groups is 5. The van der Waals surface area contributed by atoms with Crippen LogP contribution in [-0.2, 0) is 45.6 Å². The summed E-state index contributed by atoms with van der Waals surface area (Å²) in [4.78, 5) is 66.3. The lowest BCUT2D eigenvalue weighted by molar-refractivity contribution is -0.140. The molecule has 0 saturated carbocycles. The monoisotopic (exact) mass is 630 g/mol. The minimum absolute atomic E-state index is 0. The molecule has 11 nitrogen and oxygen atoms in total. The highest BCUT2D eigenvalue weighted by molar-refractivity contribution is 6.38. The lowest BCUT2D eigenvalue weighted by Crippen LogP contribution is -2.57. The van der Waals surface area contributed by atoms with Gasteiger partial charge >= 0.3 is 0 Å². The van der Waals surface area contributed by atoms with Crippen molar-refractivity contribution in [2.24, 2.45) is 7.05 Å². The van der Waals surface area contributed by atoms with E-state index in [-0.39, 0.29) is 30.8 Å². The standard InChI is InChI=1S/C35H38N6O5.4H2/c1-23-19-30(41(3)40-23)34(45)37-24(2)32(43)39-29(21-26-15-9-5-10-16-26)33(44)38-28(20-25-13-7-4-8-14-25)31(42)35(46)36-22-27-17-11-6-12-18-27;;;;/h4-19,24,28-29H,20-22H2,1-3H3,(H,36,46)(H,37,45)(H,38,44)(H,39,43);4*1H/t24-,28-,29-;;;;/m0..../s1. The minimum Gasteiger partial charge on any atom is -0.345 e. The van der Waals surface area contributed by atoms with Crippen LogP contribution >= 0.6 is 0 Å². The summed E-state index contributed by atoms with van der Waals surface area (Å²) in [6.07, 6.45) is 0.166. The van der Waals surface area contributed by atoms with Crippen molar-refractivity contribution in [3.8, 4) is 0 Å². The van der Waals surface area contributed by atoms with E-state index in [1.165, 1.54) is 11.6 Å². The van der Waals surface area contributed by atoms with Gasteiger partial charge in [-0.2, -0.15) is 5.10 Å². The highest BCUT2D eigenvalue weighted by atomic mass is 16.2. The Morgan fingerprint density at radius 3 is 1.74 bits per heavy atom.